The molecule has 1 amide bonds. The average Bonchev–Trinajstić information content (AvgIpc) is 2.96. The quantitative estimate of drug-likeness (QED) is 0.695. The van der Waals surface area contributed by atoms with E-state index in [1.54, 1.807) is 37.2 Å². The molecule has 3 rings (SSSR count). The summed E-state index contributed by atoms with van der Waals surface area (Å²) >= 11 is 5.97. The lowest BCUT2D eigenvalue weighted by molar-refractivity contribution is -0.125. The number of amides is 1. The fraction of sp³-hybridized carbons (Fsp3) is 0.263. The summed E-state index contributed by atoms with van der Waals surface area (Å²) < 4.78 is 13.5. The molecule has 0 saturated carbocycles. The van der Waals surface area contributed by atoms with E-state index in [1.807, 2.05) is 12.1 Å². The smallest absolute Gasteiger partial charge is 0.241 e. The molecule has 2 N–H and O–H groups in total. The molecule has 0 fully saturated rings. The van der Waals surface area contributed by atoms with Gasteiger partial charge in [-0.15, -0.1) is 0 Å². The number of hydrogen-bond acceptors (Lipinski definition) is 3. The number of likely N-dealkylation sites (N-methyl/N-ethyl adjacent to an activating group) is 1. The highest BCUT2D eigenvalue weighted by Gasteiger charge is 2.23. The third-order valence-corrected chi connectivity index (χ3v) is 4.32. The molecular formula is C19H20ClFN4O. The number of H-pyrrole nitrogens is 1. The molecule has 3 aromatic rings. The Morgan fingerprint density at radius 3 is 2.85 bits per heavy atom. The zero-order chi connectivity index (χ0) is 18.7. The minimum atomic E-state index is -0.555. The maximum absolute atomic E-state index is 13.5. The molecule has 136 valence electrons. The summed E-state index contributed by atoms with van der Waals surface area (Å²) in [5, 5.41) is 3.54. The SMILES string of the molecule is CN(C)[C@@H](C(=O)NCCc1nc2ccc(Cl)cc2[nH]1)c1cccc(F)c1. The van der Waals surface area contributed by atoms with E-state index in [0.717, 1.165) is 16.9 Å². The van der Waals surface area contributed by atoms with Gasteiger partial charge < -0.3 is 10.3 Å². The first-order chi connectivity index (χ1) is 12.4. The topological polar surface area (TPSA) is 61.0 Å². The lowest BCUT2D eigenvalue weighted by Gasteiger charge is -2.23. The van der Waals surface area contributed by atoms with Crippen LogP contribution in [0.3, 0.4) is 0 Å². The van der Waals surface area contributed by atoms with Crippen LogP contribution in [0.1, 0.15) is 17.4 Å². The van der Waals surface area contributed by atoms with Crippen LogP contribution in [0.2, 0.25) is 5.02 Å². The molecule has 0 aliphatic heterocycles. The molecule has 0 spiro atoms. The van der Waals surface area contributed by atoms with Crippen molar-refractivity contribution in [1.82, 2.24) is 20.2 Å². The lowest BCUT2D eigenvalue weighted by atomic mass is 10.1. The number of hydrogen-bond donors (Lipinski definition) is 2. The van der Waals surface area contributed by atoms with E-state index >= 15 is 0 Å². The monoisotopic (exact) mass is 374 g/mol. The van der Waals surface area contributed by atoms with Gasteiger partial charge in [-0.2, -0.15) is 0 Å². The molecule has 0 saturated heterocycles. The molecule has 0 radical (unpaired) electrons. The highest BCUT2D eigenvalue weighted by molar-refractivity contribution is 6.31. The number of fused-ring (bicyclic) bond motifs is 1. The van der Waals surface area contributed by atoms with E-state index in [1.165, 1.54) is 12.1 Å². The number of carbonyl (C=O) groups is 1. The number of aromatic nitrogens is 2. The molecule has 1 atom stereocenters. The number of halogens is 2. The first kappa shape index (κ1) is 18.4. The van der Waals surface area contributed by atoms with Gasteiger partial charge in [0.15, 0.2) is 0 Å². The second kappa shape index (κ2) is 7.85. The fourth-order valence-electron chi connectivity index (χ4n) is 2.91. The van der Waals surface area contributed by atoms with Crippen molar-refractivity contribution in [3.8, 4) is 0 Å². The largest absolute Gasteiger partial charge is 0.354 e. The Morgan fingerprint density at radius 1 is 1.31 bits per heavy atom. The molecular weight excluding hydrogens is 355 g/mol. The highest BCUT2D eigenvalue weighted by Crippen LogP contribution is 2.20. The molecule has 1 heterocycles. The van der Waals surface area contributed by atoms with Crippen LogP contribution in [0.5, 0.6) is 0 Å². The van der Waals surface area contributed by atoms with Crippen LogP contribution >= 0.6 is 11.6 Å². The van der Waals surface area contributed by atoms with Crippen molar-refractivity contribution in [2.24, 2.45) is 0 Å². The second-order valence-electron chi connectivity index (χ2n) is 6.31. The van der Waals surface area contributed by atoms with Crippen molar-refractivity contribution in [3.05, 3.63) is 64.7 Å². The second-order valence-corrected chi connectivity index (χ2v) is 6.74. The molecule has 0 aliphatic carbocycles. The van der Waals surface area contributed by atoms with Crippen LogP contribution in [-0.2, 0) is 11.2 Å². The minimum absolute atomic E-state index is 0.181. The van der Waals surface area contributed by atoms with Crippen molar-refractivity contribution in [1.29, 1.82) is 0 Å². The predicted molar refractivity (Wildman–Crippen MR) is 101 cm³/mol. The Hall–Kier alpha value is -2.44. The molecule has 0 aliphatic rings. The number of aromatic amines is 1. The van der Waals surface area contributed by atoms with Gasteiger partial charge in [-0.25, -0.2) is 9.37 Å². The van der Waals surface area contributed by atoms with Crippen LogP contribution in [0.25, 0.3) is 11.0 Å². The van der Waals surface area contributed by atoms with Gasteiger partial charge in [0.05, 0.1) is 11.0 Å². The molecule has 0 bridgehead atoms. The Morgan fingerprint density at radius 2 is 2.12 bits per heavy atom. The van der Waals surface area contributed by atoms with Crippen molar-refractivity contribution in [2.45, 2.75) is 12.5 Å². The third-order valence-electron chi connectivity index (χ3n) is 4.08. The van der Waals surface area contributed by atoms with Gasteiger partial charge in [0, 0.05) is 18.0 Å². The van der Waals surface area contributed by atoms with Crippen LogP contribution in [0.4, 0.5) is 4.39 Å². The minimum Gasteiger partial charge on any atom is -0.354 e. The Balaban J connectivity index is 1.64. The number of nitrogens with zero attached hydrogens (tertiary/aromatic N) is 2. The summed E-state index contributed by atoms with van der Waals surface area (Å²) in [6, 6.07) is 11.0. The Labute approximate surface area is 156 Å². The zero-order valence-electron chi connectivity index (χ0n) is 14.6. The molecule has 7 heteroatoms. The normalized spacial score (nSPS) is 12.5. The first-order valence-corrected chi connectivity index (χ1v) is 8.65. The fourth-order valence-corrected chi connectivity index (χ4v) is 3.09. The van der Waals surface area contributed by atoms with E-state index in [0.29, 0.717) is 23.6 Å². The van der Waals surface area contributed by atoms with Crippen molar-refractivity contribution in [3.63, 3.8) is 0 Å². The molecule has 26 heavy (non-hydrogen) atoms. The van der Waals surface area contributed by atoms with Crippen LogP contribution < -0.4 is 5.32 Å². The predicted octanol–water partition coefficient (Wildman–Crippen LogP) is 3.32. The van der Waals surface area contributed by atoms with Crippen molar-refractivity contribution < 1.29 is 9.18 Å². The molecule has 1 aromatic heterocycles. The van der Waals surface area contributed by atoms with Crippen LogP contribution in [0, 0.1) is 5.82 Å². The van der Waals surface area contributed by atoms with Crippen LogP contribution in [-0.4, -0.2) is 41.4 Å². The van der Waals surface area contributed by atoms with Gasteiger partial charge in [0.1, 0.15) is 17.7 Å². The van der Waals surface area contributed by atoms with Gasteiger partial charge in [0.2, 0.25) is 5.91 Å². The van der Waals surface area contributed by atoms with Gasteiger partial charge in [0.25, 0.3) is 0 Å². The third kappa shape index (κ3) is 4.20. The zero-order valence-corrected chi connectivity index (χ0v) is 15.3. The summed E-state index contributed by atoms with van der Waals surface area (Å²) in [4.78, 5) is 22.0. The molecule has 0 unspecified atom stereocenters. The lowest BCUT2D eigenvalue weighted by Crippen LogP contribution is -2.38. The van der Waals surface area contributed by atoms with Gasteiger partial charge in [-0.3, -0.25) is 9.69 Å². The van der Waals surface area contributed by atoms with Crippen LogP contribution in [0.15, 0.2) is 42.5 Å². The van der Waals surface area contributed by atoms with E-state index in [-0.39, 0.29) is 11.7 Å². The number of rotatable bonds is 6. The summed E-state index contributed by atoms with van der Waals surface area (Å²) in [5.74, 6) is 0.234. The summed E-state index contributed by atoms with van der Waals surface area (Å²) in [6.45, 7) is 0.423. The summed E-state index contributed by atoms with van der Waals surface area (Å²) in [7, 11) is 3.58. The van der Waals surface area contributed by atoms with Gasteiger partial charge in [-0.1, -0.05) is 23.7 Å². The maximum Gasteiger partial charge on any atom is 0.241 e. The van der Waals surface area contributed by atoms with E-state index in [4.69, 9.17) is 11.6 Å². The van der Waals surface area contributed by atoms with Crippen molar-refractivity contribution in [2.75, 3.05) is 20.6 Å². The number of imidazole rings is 1. The average molecular weight is 375 g/mol. The number of nitrogens with one attached hydrogen (secondary N) is 2. The Bertz CT molecular complexity index is 925. The standard InChI is InChI=1S/C19H20ClFN4O/c1-25(2)18(12-4-3-5-14(21)10-12)19(26)22-9-8-17-23-15-7-6-13(20)11-16(15)24-17/h3-7,10-11,18H,8-9H2,1-2H3,(H,22,26)(H,23,24)/t18-/m1/s1. The van der Waals surface area contributed by atoms with Gasteiger partial charge in [-0.05, 0) is 50.0 Å². The van der Waals surface area contributed by atoms with E-state index in [2.05, 4.69) is 15.3 Å². The molecule has 5 nitrogen and oxygen atoms in total. The number of benzene rings is 2. The van der Waals surface area contributed by atoms with E-state index in [9.17, 15) is 9.18 Å². The summed E-state index contributed by atoms with van der Waals surface area (Å²) in [6.07, 6.45) is 0.557. The maximum atomic E-state index is 13.5. The summed E-state index contributed by atoms with van der Waals surface area (Å²) in [5.41, 5.74) is 2.32. The molecule has 2 aromatic carbocycles. The van der Waals surface area contributed by atoms with Gasteiger partial charge >= 0.3 is 0 Å². The highest BCUT2D eigenvalue weighted by atomic mass is 35.5. The first-order valence-electron chi connectivity index (χ1n) is 8.28. The van der Waals surface area contributed by atoms with Crippen molar-refractivity contribution >= 4 is 28.5 Å². The Kier molecular flexibility index (Phi) is 5.54. The van der Waals surface area contributed by atoms with E-state index < -0.39 is 6.04 Å². The number of carbonyl (C=O) groups excluding carboxylic acids is 1.